The van der Waals surface area contributed by atoms with Crippen molar-refractivity contribution in [1.82, 2.24) is 10.2 Å². The summed E-state index contributed by atoms with van der Waals surface area (Å²) in [5, 5.41) is 3.24. The lowest BCUT2D eigenvalue weighted by molar-refractivity contribution is -0.140. The minimum absolute atomic E-state index is 0.0308. The Hall–Kier alpha value is -3.86. The van der Waals surface area contributed by atoms with Crippen LogP contribution in [0.5, 0.6) is 5.75 Å². The molecule has 0 aliphatic heterocycles. The Labute approximate surface area is 278 Å². The number of amides is 2. The fourth-order valence-corrected chi connectivity index (χ4v) is 6.80. The number of rotatable bonds is 14. The lowest BCUT2D eigenvalue weighted by Gasteiger charge is -2.34. The summed E-state index contributed by atoms with van der Waals surface area (Å²) in [6, 6.07) is 28.2. The van der Waals surface area contributed by atoms with E-state index in [0.717, 1.165) is 19.9 Å². The number of likely N-dealkylation sites (N-methyl/N-ethyl adjacent to an activating group) is 1. The first kappa shape index (κ1) is 34.0. The lowest BCUT2D eigenvalue weighted by atomic mass is 10.0. The molecule has 1 N–H and O–H groups in total. The van der Waals surface area contributed by atoms with E-state index in [9.17, 15) is 18.0 Å². The first-order chi connectivity index (χ1) is 21.6. The van der Waals surface area contributed by atoms with Crippen LogP contribution in [0.15, 0.2) is 112 Å². The van der Waals surface area contributed by atoms with Gasteiger partial charge in [-0.05, 0) is 85.6 Å². The van der Waals surface area contributed by atoms with Gasteiger partial charge in [0, 0.05) is 29.0 Å². The average molecular weight is 713 g/mol. The van der Waals surface area contributed by atoms with Gasteiger partial charge in [-0.3, -0.25) is 13.9 Å². The van der Waals surface area contributed by atoms with E-state index in [0.29, 0.717) is 23.9 Å². The minimum Gasteiger partial charge on any atom is -0.494 e. The fraction of sp³-hybridized carbons (Fsp3) is 0.235. The number of hydrogen-bond acceptors (Lipinski definition) is 5. The third kappa shape index (κ3) is 9.09. The molecule has 236 valence electrons. The zero-order valence-corrected chi connectivity index (χ0v) is 28.2. The molecule has 0 heterocycles. The summed E-state index contributed by atoms with van der Waals surface area (Å²) in [7, 11) is -4.24. The number of hydrogen-bond donors (Lipinski definition) is 1. The molecule has 4 rings (SSSR count). The highest BCUT2D eigenvalue weighted by molar-refractivity contribution is 9.10. The van der Waals surface area contributed by atoms with Gasteiger partial charge in [0.1, 0.15) is 18.3 Å². The Morgan fingerprint density at radius 3 is 2.18 bits per heavy atom. The van der Waals surface area contributed by atoms with Crippen molar-refractivity contribution in [2.24, 2.45) is 0 Å². The maximum absolute atomic E-state index is 14.4. The maximum atomic E-state index is 14.4. The van der Waals surface area contributed by atoms with Gasteiger partial charge in [0.05, 0.1) is 17.2 Å². The molecule has 11 heteroatoms. The molecular formula is C34H35BrClN3O5S. The summed E-state index contributed by atoms with van der Waals surface area (Å²) in [5.74, 6) is -0.321. The molecular weight excluding hydrogens is 678 g/mol. The first-order valence-electron chi connectivity index (χ1n) is 14.5. The standard InChI is InChI=1S/C34H35BrClN3O5S/c1-3-37-34(41)32(22-25-9-6-5-7-10-25)38(23-26-11-8-12-27(35)21-26)33(40)24-39(29-15-17-30(18-16-29)44-4-2)45(42,43)31-19-13-28(36)14-20-31/h5-21,32H,3-4,22-24H2,1-2H3,(H,37,41)/t32-/m1/s1. The van der Waals surface area contributed by atoms with Crippen molar-refractivity contribution < 1.29 is 22.7 Å². The molecule has 2 amide bonds. The van der Waals surface area contributed by atoms with Crippen molar-refractivity contribution >= 4 is 55.1 Å². The van der Waals surface area contributed by atoms with Crippen LogP contribution in [-0.2, 0) is 32.6 Å². The van der Waals surface area contributed by atoms with Crippen LogP contribution in [0.4, 0.5) is 5.69 Å². The van der Waals surface area contributed by atoms with Gasteiger partial charge in [0.15, 0.2) is 0 Å². The first-order valence-corrected chi connectivity index (χ1v) is 17.1. The molecule has 1 atom stereocenters. The number of ether oxygens (including phenoxy) is 1. The highest BCUT2D eigenvalue weighted by Crippen LogP contribution is 2.28. The largest absolute Gasteiger partial charge is 0.494 e. The van der Waals surface area contributed by atoms with Crippen LogP contribution in [0.2, 0.25) is 5.02 Å². The number of sulfonamides is 1. The summed E-state index contributed by atoms with van der Waals surface area (Å²) < 4.78 is 35.6. The van der Waals surface area contributed by atoms with Crippen LogP contribution in [-0.4, -0.2) is 50.9 Å². The molecule has 0 aliphatic rings. The summed E-state index contributed by atoms with van der Waals surface area (Å²) in [6.45, 7) is 3.99. The average Bonchev–Trinajstić information content (AvgIpc) is 3.03. The van der Waals surface area contributed by atoms with Gasteiger partial charge in [-0.2, -0.15) is 0 Å². The summed E-state index contributed by atoms with van der Waals surface area (Å²) in [5.41, 5.74) is 1.90. The van der Waals surface area contributed by atoms with E-state index < -0.39 is 28.5 Å². The van der Waals surface area contributed by atoms with E-state index in [4.69, 9.17) is 16.3 Å². The van der Waals surface area contributed by atoms with Gasteiger partial charge in [-0.1, -0.05) is 70.0 Å². The zero-order valence-electron chi connectivity index (χ0n) is 25.0. The second-order valence-corrected chi connectivity index (χ2v) is 13.4. The Bertz CT molecular complexity index is 1690. The van der Waals surface area contributed by atoms with Crippen molar-refractivity contribution in [3.63, 3.8) is 0 Å². The van der Waals surface area contributed by atoms with Crippen molar-refractivity contribution in [3.05, 3.63) is 124 Å². The van der Waals surface area contributed by atoms with E-state index in [2.05, 4.69) is 21.2 Å². The molecule has 4 aromatic carbocycles. The lowest BCUT2D eigenvalue weighted by Crippen LogP contribution is -2.53. The molecule has 45 heavy (non-hydrogen) atoms. The zero-order chi connectivity index (χ0) is 32.4. The quantitative estimate of drug-likeness (QED) is 0.162. The molecule has 0 saturated carbocycles. The molecule has 0 radical (unpaired) electrons. The highest BCUT2D eigenvalue weighted by atomic mass is 79.9. The predicted molar refractivity (Wildman–Crippen MR) is 181 cm³/mol. The molecule has 0 saturated heterocycles. The number of anilines is 1. The van der Waals surface area contributed by atoms with Gasteiger partial charge < -0.3 is 15.0 Å². The predicted octanol–water partition coefficient (Wildman–Crippen LogP) is 6.47. The van der Waals surface area contributed by atoms with Crippen LogP contribution in [0, 0.1) is 0 Å². The second-order valence-electron chi connectivity index (χ2n) is 10.1. The summed E-state index contributed by atoms with van der Waals surface area (Å²) in [6.07, 6.45) is 0.236. The molecule has 0 bridgehead atoms. The van der Waals surface area contributed by atoms with Crippen LogP contribution < -0.4 is 14.4 Å². The van der Waals surface area contributed by atoms with Crippen LogP contribution in [0.25, 0.3) is 0 Å². The minimum atomic E-state index is -4.24. The second kappa shape index (κ2) is 15.9. The smallest absolute Gasteiger partial charge is 0.264 e. The van der Waals surface area contributed by atoms with E-state index in [-0.39, 0.29) is 29.5 Å². The summed E-state index contributed by atoms with van der Waals surface area (Å²) >= 11 is 9.54. The monoisotopic (exact) mass is 711 g/mol. The van der Waals surface area contributed by atoms with Crippen LogP contribution in [0.3, 0.4) is 0 Å². The normalized spacial score (nSPS) is 11.8. The van der Waals surface area contributed by atoms with Gasteiger partial charge >= 0.3 is 0 Å². The maximum Gasteiger partial charge on any atom is 0.264 e. The number of nitrogens with one attached hydrogen (secondary N) is 1. The van der Waals surface area contributed by atoms with Gasteiger partial charge in [-0.25, -0.2) is 8.42 Å². The molecule has 0 spiro atoms. The molecule has 4 aromatic rings. The van der Waals surface area contributed by atoms with E-state index in [1.54, 1.807) is 24.3 Å². The van der Waals surface area contributed by atoms with E-state index in [1.807, 2.05) is 68.4 Å². The number of carbonyl (C=O) groups excluding carboxylic acids is 2. The Morgan fingerprint density at radius 2 is 1.56 bits per heavy atom. The van der Waals surface area contributed by atoms with Gasteiger partial charge in [0.2, 0.25) is 11.8 Å². The number of nitrogens with zero attached hydrogens (tertiary/aromatic N) is 2. The van der Waals surface area contributed by atoms with E-state index >= 15 is 0 Å². The van der Waals surface area contributed by atoms with Crippen molar-refractivity contribution in [1.29, 1.82) is 0 Å². The van der Waals surface area contributed by atoms with E-state index in [1.165, 1.54) is 29.2 Å². The molecule has 8 nitrogen and oxygen atoms in total. The van der Waals surface area contributed by atoms with Crippen LogP contribution >= 0.6 is 27.5 Å². The molecule has 0 aromatic heterocycles. The SMILES string of the molecule is CCNC(=O)[C@@H](Cc1ccccc1)N(Cc1cccc(Br)c1)C(=O)CN(c1ccc(OCC)cc1)S(=O)(=O)c1ccc(Cl)cc1. The van der Waals surface area contributed by atoms with Crippen molar-refractivity contribution in [3.8, 4) is 5.75 Å². The van der Waals surface area contributed by atoms with Gasteiger partial charge in [-0.15, -0.1) is 0 Å². The number of halogens is 2. The number of benzene rings is 4. The number of carbonyl (C=O) groups is 2. The van der Waals surface area contributed by atoms with Crippen LogP contribution in [0.1, 0.15) is 25.0 Å². The fourth-order valence-electron chi connectivity index (χ4n) is 4.82. The van der Waals surface area contributed by atoms with Crippen molar-refractivity contribution in [2.45, 2.75) is 37.8 Å². The molecule has 0 fully saturated rings. The topological polar surface area (TPSA) is 96.0 Å². The van der Waals surface area contributed by atoms with Crippen molar-refractivity contribution in [2.75, 3.05) is 24.0 Å². The Kier molecular flexibility index (Phi) is 12.0. The third-order valence-corrected chi connectivity index (χ3v) is 9.51. The Balaban J connectivity index is 1.79. The highest BCUT2D eigenvalue weighted by Gasteiger charge is 2.34. The molecule has 0 aliphatic carbocycles. The Morgan fingerprint density at radius 1 is 0.889 bits per heavy atom. The summed E-state index contributed by atoms with van der Waals surface area (Å²) in [4.78, 5) is 29.4. The third-order valence-electron chi connectivity index (χ3n) is 6.98. The molecule has 0 unspecified atom stereocenters. The van der Waals surface area contributed by atoms with Gasteiger partial charge in [0.25, 0.3) is 10.0 Å².